The zero-order valence-corrected chi connectivity index (χ0v) is 15.4. The van der Waals surface area contributed by atoms with Gasteiger partial charge in [-0.1, -0.05) is 36.8 Å². The van der Waals surface area contributed by atoms with Crippen molar-refractivity contribution in [1.82, 2.24) is 5.32 Å². The van der Waals surface area contributed by atoms with Crippen molar-refractivity contribution >= 4 is 17.7 Å². The molecule has 128 valence electrons. The van der Waals surface area contributed by atoms with Crippen molar-refractivity contribution in [2.24, 2.45) is 0 Å². The smallest absolute Gasteiger partial charge is 0.261 e. The highest BCUT2D eigenvalue weighted by Gasteiger charge is 2.17. The summed E-state index contributed by atoms with van der Waals surface area (Å²) >= 11 is 1.74. The largest absolute Gasteiger partial charge is 0.481 e. The molecule has 0 spiro atoms. The quantitative estimate of drug-likeness (QED) is 0.571. The topological polar surface area (TPSA) is 38.3 Å². The number of carbonyl (C=O) groups excluding carboxylic acids is 1. The van der Waals surface area contributed by atoms with E-state index in [1.165, 1.54) is 10.5 Å². The predicted octanol–water partition coefficient (Wildman–Crippen LogP) is 4.37. The van der Waals surface area contributed by atoms with Crippen molar-refractivity contribution in [2.75, 3.05) is 12.3 Å². The maximum absolute atomic E-state index is 12.3. The van der Waals surface area contributed by atoms with E-state index in [1.807, 2.05) is 38.1 Å². The fraction of sp³-hybridized carbons (Fsp3) is 0.350. The van der Waals surface area contributed by atoms with Crippen LogP contribution in [0.3, 0.4) is 0 Å². The molecule has 0 aliphatic rings. The first-order chi connectivity index (χ1) is 11.6. The Kier molecular flexibility index (Phi) is 7.19. The standard InChI is InChI=1S/C20H25NO2S/c1-4-19(23-17-7-5-6-16(3)14-17)20(22)21-12-13-24-18-10-8-15(2)9-11-18/h5-11,14,19H,4,12-13H2,1-3H3,(H,21,22)/t19-/m1/s1. The highest BCUT2D eigenvalue weighted by atomic mass is 32.2. The van der Waals surface area contributed by atoms with Gasteiger partial charge in [0.2, 0.25) is 0 Å². The van der Waals surface area contributed by atoms with Gasteiger partial charge in [0.25, 0.3) is 5.91 Å². The van der Waals surface area contributed by atoms with Crippen LogP contribution in [0.4, 0.5) is 0 Å². The number of rotatable bonds is 8. The minimum Gasteiger partial charge on any atom is -0.481 e. The van der Waals surface area contributed by atoms with Crippen LogP contribution in [0.15, 0.2) is 53.4 Å². The average Bonchev–Trinajstić information content (AvgIpc) is 2.58. The van der Waals surface area contributed by atoms with Gasteiger partial charge in [-0.3, -0.25) is 4.79 Å². The van der Waals surface area contributed by atoms with Crippen LogP contribution < -0.4 is 10.1 Å². The van der Waals surface area contributed by atoms with Gasteiger partial charge >= 0.3 is 0 Å². The number of amides is 1. The molecule has 0 fully saturated rings. The number of aryl methyl sites for hydroxylation is 2. The first kappa shape index (κ1) is 18.4. The van der Waals surface area contributed by atoms with Crippen molar-refractivity contribution in [3.8, 4) is 5.75 Å². The molecule has 0 unspecified atom stereocenters. The maximum atomic E-state index is 12.3. The fourth-order valence-electron chi connectivity index (χ4n) is 2.27. The third-order valence-corrected chi connectivity index (χ3v) is 4.64. The van der Waals surface area contributed by atoms with E-state index < -0.39 is 6.10 Å². The van der Waals surface area contributed by atoms with E-state index in [1.54, 1.807) is 11.8 Å². The van der Waals surface area contributed by atoms with Crippen molar-refractivity contribution in [1.29, 1.82) is 0 Å². The Labute approximate surface area is 148 Å². The molecule has 2 aromatic carbocycles. The lowest BCUT2D eigenvalue weighted by molar-refractivity contribution is -0.127. The molecule has 0 radical (unpaired) electrons. The van der Waals surface area contributed by atoms with Crippen LogP contribution in [0, 0.1) is 13.8 Å². The molecule has 2 aromatic rings. The van der Waals surface area contributed by atoms with E-state index in [0.29, 0.717) is 13.0 Å². The zero-order valence-electron chi connectivity index (χ0n) is 14.5. The van der Waals surface area contributed by atoms with Crippen LogP contribution in [0.25, 0.3) is 0 Å². The summed E-state index contributed by atoms with van der Waals surface area (Å²) in [4.78, 5) is 13.5. The number of hydrogen-bond donors (Lipinski definition) is 1. The molecule has 0 aromatic heterocycles. The summed E-state index contributed by atoms with van der Waals surface area (Å²) in [5, 5.41) is 2.97. The molecule has 1 N–H and O–H groups in total. The molecule has 0 aliphatic heterocycles. The molecule has 1 atom stereocenters. The average molecular weight is 343 g/mol. The summed E-state index contributed by atoms with van der Waals surface area (Å²) in [7, 11) is 0. The Bertz CT molecular complexity index is 655. The minimum absolute atomic E-state index is 0.0523. The minimum atomic E-state index is -0.448. The van der Waals surface area contributed by atoms with Crippen LogP contribution in [0.2, 0.25) is 0 Å². The van der Waals surface area contributed by atoms with Crippen LogP contribution in [-0.4, -0.2) is 24.3 Å². The maximum Gasteiger partial charge on any atom is 0.261 e. The SMILES string of the molecule is CC[C@@H](Oc1cccc(C)c1)C(=O)NCCSc1ccc(C)cc1. The van der Waals surface area contributed by atoms with Gasteiger partial charge in [0.15, 0.2) is 6.10 Å². The van der Waals surface area contributed by atoms with Crippen molar-refractivity contribution in [3.05, 3.63) is 59.7 Å². The fourth-order valence-corrected chi connectivity index (χ4v) is 3.03. The lowest BCUT2D eigenvalue weighted by Crippen LogP contribution is -2.39. The van der Waals surface area contributed by atoms with Gasteiger partial charge < -0.3 is 10.1 Å². The van der Waals surface area contributed by atoms with E-state index in [9.17, 15) is 4.79 Å². The van der Waals surface area contributed by atoms with Crippen LogP contribution >= 0.6 is 11.8 Å². The molecular formula is C20H25NO2S. The van der Waals surface area contributed by atoms with Crippen LogP contribution in [-0.2, 0) is 4.79 Å². The second-order valence-electron chi connectivity index (χ2n) is 5.78. The number of carbonyl (C=O) groups is 1. The van der Waals surface area contributed by atoms with E-state index >= 15 is 0 Å². The van der Waals surface area contributed by atoms with Crippen molar-refractivity contribution < 1.29 is 9.53 Å². The van der Waals surface area contributed by atoms with Gasteiger partial charge in [0, 0.05) is 17.2 Å². The molecule has 3 nitrogen and oxygen atoms in total. The predicted molar refractivity (Wildman–Crippen MR) is 101 cm³/mol. The van der Waals surface area contributed by atoms with Crippen molar-refractivity contribution in [3.63, 3.8) is 0 Å². The molecule has 1 amide bonds. The van der Waals surface area contributed by atoms with E-state index in [2.05, 4.69) is 36.5 Å². The Balaban J connectivity index is 1.76. The van der Waals surface area contributed by atoms with Gasteiger partial charge in [-0.25, -0.2) is 0 Å². The lowest BCUT2D eigenvalue weighted by atomic mass is 10.2. The Morgan fingerprint density at radius 2 is 1.88 bits per heavy atom. The number of hydrogen-bond acceptors (Lipinski definition) is 3. The Hall–Kier alpha value is -1.94. The third kappa shape index (κ3) is 5.93. The molecule has 2 rings (SSSR count). The number of benzene rings is 2. The van der Waals surface area contributed by atoms with Crippen LogP contribution in [0.1, 0.15) is 24.5 Å². The van der Waals surface area contributed by atoms with E-state index in [-0.39, 0.29) is 5.91 Å². The molecular weight excluding hydrogens is 318 g/mol. The van der Waals surface area contributed by atoms with E-state index in [4.69, 9.17) is 4.74 Å². The lowest BCUT2D eigenvalue weighted by Gasteiger charge is -2.17. The van der Waals surface area contributed by atoms with Gasteiger partial charge in [-0.2, -0.15) is 0 Å². The number of ether oxygens (including phenoxy) is 1. The van der Waals surface area contributed by atoms with Crippen LogP contribution in [0.5, 0.6) is 5.75 Å². The molecule has 4 heteroatoms. The Morgan fingerprint density at radius 1 is 1.12 bits per heavy atom. The van der Waals surface area contributed by atoms with Gasteiger partial charge in [0.05, 0.1) is 0 Å². The van der Waals surface area contributed by atoms with Crippen molar-refractivity contribution in [2.45, 2.75) is 38.2 Å². The number of thioether (sulfide) groups is 1. The summed E-state index contributed by atoms with van der Waals surface area (Å²) in [5.41, 5.74) is 2.38. The van der Waals surface area contributed by atoms with Gasteiger partial charge in [-0.05, 0) is 50.1 Å². The zero-order chi connectivity index (χ0) is 17.4. The highest BCUT2D eigenvalue weighted by molar-refractivity contribution is 7.99. The Morgan fingerprint density at radius 3 is 2.54 bits per heavy atom. The summed E-state index contributed by atoms with van der Waals surface area (Å²) in [5.74, 6) is 1.53. The first-order valence-electron chi connectivity index (χ1n) is 8.29. The first-order valence-corrected chi connectivity index (χ1v) is 9.27. The summed E-state index contributed by atoms with van der Waals surface area (Å²) in [6, 6.07) is 16.2. The molecule has 0 aliphatic carbocycles. The second-order valence-corrected chi connectivity index (χ2v) is 6.95. The van der Waals surface area contributed by atoms with E-state index in [0.717, 1.165) is 17.1 Å². The third-order valence-electron chi connectivity index (χ3n) is 3.62. The highest BCUT2D eigenvalue weighted by Crippen LogP contribution is 2.18. The second kappa shape index (κ2) is 9.38. The molecule has 24 heavy (non-hydrogen) atoms. The molecule has 0 saturated heterocycles. The molecule has 0 saturated carbocycles. The monoisotopic (exact) mass is 343 g/mol. The normalized spacial score (nSPS) is 11.8. The molecule has 0 bridgehead atoms. The number of nitrogens with one attached hydrogen (secondary N) is 1. The summed E-state index contributed by atoms with van der Waals surface area (Å²) in [6.45, 7) is 6.68. The summed E-state index contributed by atoms with van der Waals surface area (Å²) in [6.07, 6.45) is 0.196. The molecule has 0 heterocycles. The van der Waals surface area contributed by atoms with Gasteiger partial charge in [-0.15, -0.1) is 11.8 Å². The van der Waals surface area contributed by atoms with Gasteiger partial charge in [0.1, 0.15) is 5.75 Å². The summed E-state index contributed by atoms with van der Waals surface area (Å²) < 4.78 is 5.82.